The van der Waals surface area contributed by atoms with Crippen molar-refractivity contribution in [3.63, 3.8) is 0 Å². The van der Waals surface area contributed by atoms with Crippen molar-refractivity contribution in [2.45, 2.75) is 26.8 Å². The van der Waals surface area contributed by atoms with Crippen molar-refractivity contribution in [3.8, 4) is 0 Å². The first-order valence-corrected chi connectivity index (χ1v) is 9.10. The maximum absolute atomic E-state index is 12.5. The van der Waals surface area contributed by atoms with Crippen molar-refractivity contribution in [1.82, 2.24) is 0 Å². The van der Waals surface area contributed by atoms with Crippen molar-refractivity contribution in [2.75, 3.05) is 41.8 Å². The van der Waals surface area contributed by atoms with Gasteiger partial charge in [-0.2, -0.15) is 0 Å². The van der Waals surface area contributed by atoms with E-state index in [2.05, 4.69) is 41.5 Å². The van der Waals surface area contributed by atoms with E-state index in [1.165, 1.54) is 11.1 Å². The number of carbonyl (C=O) groups is 1. The molecule has 0 aromatic heterocycles. The number of ether oxygens (including phenoxy) is 1. The fourth-order valence-electron chi connectivity index (χ4n) is 2.97. The predicted octanol–water partition coefficient (Wildman–Crippen LogP) is 3.58. The minimum absolute atomic E-state index is 0.0534. The highest BCUT2D eigenvalue weighted by atomic mass is 16.5. The smallest absolute Gasteiger partial charge is 0.246 e. The third-order valence-electron chi connectivity index (χ3n) is 4.79. The van der Waals surface area contributed by atoms with E-state index in [9.17, 15) is 4.79 Å². The zero-order valence-corrected chi connectivity index (χ0v) is 15.7. The molecular weight excluding hydrogens is 326 g/mol. The van der Waals surface area contributed by atoms with Gasteiger partial charge < -0.3 is 20.3 Å². The Labute approximate surface area is 155 Å². The Balaban J connectivity index is 1.57. The van der Waals surface area contributed by atoms with E-state index in [1.807, 2.05) is 37.3 Å². The lowest BCUT2D eigenvalue weighted by Gasteiger charge is -2.29. The maximum Gasteiger partial charge on any atom is 0.246 e. The normalized spacial score (nSPS) is 15.4. The molecule has 0 unspecified atom stereocenters. The Kier molecular flexibility index (Phi) is 5.78. The predicted molar refractivity (Wildman–Crippen MR) is 107 cm³/mol. The molecule has 0 spiro atoms. The monoisotopic (exact) mass is 353 g/mol. The second-order valence-corrected chi connectivity index (χ2v) is 6.80. The van der Waals surface area contributed by atoms with Crippen LogP contribution in [-0.4, -0.2) is 38.3 Å². The number of anilines is 3. The second-order valence-electron chi connectivity index (χ2n) is 6.80. The van der Waals surface area contributed by atoms with Crippen LogP contribution in [0.5, 0.6) is 0 Å². The van der Waals surface area contributed by atoms with Crippen molar-refractivity contribution in [1.29, 1.82) is 0 Å². The molecule has 1 saturated heterocycles. The molecule has 5 heteroatoms. The molecule has 26 heavy (non-hydrogen) atoms. The topological polar surface area (TPSA) is 53.6 Å². The summed E-state index contributed by atoms with van der Waals surface area (Å²) in [5.74, 6) is -0.0534. The highest BCUT2D eigenvalue weighted by molar-refractivity contribution is 5.96. The van der Waals surface area contributed by atoms with Crippen LogP contribution in [0.15, 0.2) is 42.5 Å². The molecule has 1 fully saturated rings. The first-order chi connectivity index (χ1) is 12.5. The zero-order valence-electron chi connectivity index (χ0n) is 15.7. The van der Waals surface area contributed by atoms with Crippen molar-refractivity contribution >= 4 is 23.0 Å². The molecule has 3 rings (SSSR count). The van der Waals surface area contributed by atoms with Crippen LogP contribution in [0, 0.1) is 13.8 Å². The highest BCUT2D eigenvalue weighted by Crippen LogP contribution is 2.20. The van der Waals surface area contributed by atoms with Gasteiger partial charge in [-0.15, -0.1) is 0 Å². The van der Waals surface area contributed by atoms with E-state index in [-0.39, 0.29) is 11.9 Å². The van der Waals surface area contributed by atoms with Gasteiger partial charge in [0.2, 0.25) is 5.91 Å². The van der Waals surface area contributed by atoms with Crippen molar-refractivity contribution in [2.24, 2.45) is 0 Å². The number of nitrogens with one attached hydrogen (secondary N) is 2. The quantitative estimate of drug-likeness (QED) is 0.863. The van der Waals surface area contributed by atoms with E-state index < -0.39 is 0 Å². The van der Waals surface area contributed by atoms with E-state index >= 15 is 0 Å². The standard InChI is InChI=1S/C21H27N3O2/c1-15-4-5-19(14-16(15)2)22-17(3)21(25)23-18-6-8-20(9-7-18)24-10-12-26-13-11-24/h4-9,14,17,22H,10-13H2,1-3H3,(H,23,25)/t17-/m1/s1. The van der Waals surface area contributed by atoms with Crippen molar-refractivity contribution in [3.05, 3.63) is 53.6 Å². The second kappa shape index (κ2) is 8.23. The Morgan fingerprint density at radius 2 is 1.65 bits per heavy atom. The van der Waals surface area contributed by atoms with Crippen LogP contribution >= 0.6 is 0 Å². The molecule has 138 valence electrons. The summed E-state index contributed by atoms with van der Waals surface area (Å²) in [5, 5.41) is 6.23. The van der Waals surface area contributed by atoms with Gasteiger partial charge in [0, 0.05) is 30.2 Å². The fraction of sp³-hybridized carbons (Fsp3) is 0.381. The molecule has 1 aliphatic rings. The number of carbonyl (C=O) groups excluding carboxylic acids is 1. The molecule has 1 aliphatic heterocycles. The number of rotatable bonds is 5. The molecular formula is C21H27N3O2. The molecule has 1 heterocycles. The third-order valence-corrected chi connectivity index (χ3v) is 4.79. The molecule has 2 N–H and O–H groups in total. The van der Waals surface area contributed by atoms with Gasteiger partial charge >= 0.3 is 0 Å². The molecule has 1 amide bonds. The fourth-order valence-corrected chi connectivity index (χ4v) is 2.97. The van der Waals surface area contributed by atoms with Crippen LogP contribution in [-0.2, 0) is 9.53 Å². The van der Waals surface area contributed by atoms with E-state index in [0.29, 0.717) is 0 Å². The number of nitrogens with zero attached hydrogens (tertiary/aromatic N) is 1. The Morgan fingerprint density at radius 3 is 2.31 bits per heavy atom. The number of benzene rings is 2. The molecule has 0 bridgehead atoms. The first-order valence-electron chi connectivity index (χ1n) is 9.10. The van der Waals surface area contributed by atoms with Gasteiger partial charge in [-0.3, -0.25) is 4.79 Å². The van der Waals surface area contributed by atoms with Gasteiger partial charge in [0.15, 0.2) is 0 Å². The molecule has 2 aromatic rings. The zero-order chi connectivity index (χ0) is 18.5. The molecule has 1 atom stereocenters. The highest BCUT2D eigenvalue weighted by Gasteiger charge is 2.14. The van der Waals surface area contributed by atoms with Gasteiger partial charge in [0.05, 0.1) is 13.2 Å². The molecule has 5 nitrogen and oxygen atoms in total. The number of amides is 1. The summed E-state index contributed by atoms with van der Waals surface area (Å²) >= 11 is 0. The minimum Gasteiger partial charge on any atom is -0.378 e. The molecule has 0 saturated carbocycles. The summed E-state index contributed by atoms with van der Waals surface area (Å²) in [6, 6.07) is 13.8. The van der Waals surface area contributed by atoms with Crippen LogP contribution < -0.4 is 15.5 Å². The van der Waals surface area contributed by atoms with Crippen LogP contribution in [0.2, 0.25) is 0 Å². The lowest BCUT2D eigenvalue weighted by Crippen LogP contribution is -2.36. The van der Waals surface area contributed by atoms with E-state index in [4.69, 9.17) is 4.74 Å². The molecule has 2 aromatic carbocycles. The molecule has 0 aliphatic carbocycles. The lowest BCUT2D eigenvalue weighted by molar-refractivity contribution is -0.116. The van der Waals surface area contributed by atoms with Gasteiger partial charge in [-0.25, -0.2) is 0 Å². The lowest BCUT2D eigenvalue weighted by atomic mass is 10.1. The minimum atomic E-state index is -0.323. The van der Waals surface area contributed by atoms with Gasteiger partial charge in [0.1, 0.15) is 6.04 Å². The van der Waals surface area contributed by atoms with Crippen LogP contribution in [0.25, 0.3) is 0 Å². The Morgan fingerprint density at radius 1 is 1.00 bits per heavy atom. The number of morpholine rings is 1. The third kappa shape index (κ3) is 4.55. The van der Waals surface area contributed by atoms with E-state index in [0.717, 1.165) is 43.4 Å². The van der Waals surface area contributed by atoms with E-state index in [1.54, 1.807) is 0 Å². The van der Waals surface area contributed by atoms with Gasteiger partial charge in [-0.05, 0) is 68.3 Å². The average molecular weight is 353 g/mol. The Hall–Kier alpha value is -2.53. The van der Waals surface area contributed by atoms with Crippen LogP contribution in [0.3, 0.4) is 0 Å². The largest absolute Gasteiger partial charge is 0.378 e. The first kappa shape index (κ1) is 18.3. The summed E-state index contributed by atoms with van der Waals surface area (Å²) in [4.78, 5) is 14.7. The van der Waals surface area contributed by atoms with Gasteiger partial charge in [-0.1, -0.05) is 6.07 Å². The number of hydrogen-bond acceptors (Lipinski definition) is 4. The average Bonchev–Trinajstić information content (AvgIpc) is 2.66. The van der Waals surface area contributed by atoms with Gasteiger partial charge in [0.25, 0.3) is 0 Å². The SMILES string of the molecule is Cc1ccc(N[C@H](C)C(=O)Nc2ccc(N3CCOCC3)cc2)cc1C. The summed E-state index contributed by atoms with van der Waals surface area (Å²) in [7, 11) is 0. The van der Waals surface area contributed by atoms with Crippen LogP contribution in [0.1, 0.15) is 18.1 Å². The summed E-state index contributed by atoms with van der Waals surface area (Å²) in [5.41, 5.74) is 5.38. The summed E-state index contributed by atoms with van der Waals surface area (Å²) in [6.07, 6.45) is 0. The number of hydrogen-bond donors (Lipinski definition) is 2. The van der Waals surface area contributed by atoms with Crippen LogP contribution in [0.4, 0.5) is 17.1 Å². The molecule has 0 radical (unpaired) electrons. The number of aryl methyl sites for hydroxylation is 2. The van der Waals surface area contributed by atoms with Crippen molar-refractivity contribution < 1.29 is 9.53 Å². The maximum atomic E-state index is 12.5. The Bertz CT molecular complexity index is 752. The summed E-state index contributed by atoms with van der Waals surface area (Å²) < 4.78 is 5.38. The summed E-state index contributed by atoms with van der Waals surface area (Å²) in [6.45, 7) is 9.36.